The third-order valence-corrected chi connectivity index (χ3v) is 9.68. The van der Waals surface area contributed by atoms with E-state index in [0.717, 1.165) is 11.5 Å². The predicted molar refractivity (Wildman–Crippen MR) is 109 cm³/mol. The minimum absolute atomic E-state index is 0.00932. The van der Waals surface area contributed by atoms with Gasteiger partial charge in [-0.25, -0.2) is 0 Å². The number of aliphatic hydroxyl groups excluding tert-OH is 2. The first-order chi connectivity index (χ1) is 11.7. The van der Waals surface area contributed by atoms with E-state index in [4.69, 9.17) is 0 Å². The summed E-state index contributed by atoms with van der Waals surface area (Å²) in [5.41, 5.74) is 3.49. The fraction of sp³-hybridized carbons (Fsp3) is 0.429. The third-order valence-electron chi connectivity index (χ3n) is 4.92. The van der Waals surface area contributed by atoms with Crippen LogP contribution in [0.1, 0.15) is 36.1 Å². The maximum atomic E-state index is 10.2. The standard InChI is InChI=1S/C21H31O3P/c1-14(2)13-25(5,19-7-15(3)6-16(4)8-19)20-9-17(11-22)21(24)18(10-20)12-23/h6-10,14,22-25H,11-13H2,1-5H3. The van der Waals surface area contributed by atoms with Crippen molar-refractivity contribution in [3.8, 4) is 5.75 Å². The molecule has 0 spiro atoms. The summed E-state index contributed by atoms with van der Waals surface area (Å²) >= 11 is 0. The van der Waals surface area contributed by atoms with E-state index >= 15 is 0 Å². The molecular weight excluding hydrogens is 331 g/mol. The number of aliphatic hydroxyl groups is 2. The zero-order valence-corrected chi connectivity index (χ0v) is 16.9. The molecule has 0 aliphatic carbocycles. The molecule has 3 nitrogen and oxygen atoms in total. The topological polar surface area (TPSA) is 60.7 Å². The van der Waals surface area contributed by atoms with E-state index in [2.05, 4.69) is 52.6 Å². The molecule has 0 amide bonds. The van der Waals surface area contributed by atoms with Crippen molar-refractivity contribution in [3.05, 3.63) is 52.6 Å². The van der Waals surface area contributed by atoms with E-state index in [9.17, 15) is 15.3 Å². The van der Waals surface area contributed by atoms with Gasteiger partial charge in [0.2, 0.25) is 0 Å². The normalized spacial score (nSPS) is 12.6. The zero-order valence-electron chi connectivity index (χ0n) is 15.9. The summed E-state index contributed by atoms with van der Waals surface area (Å²) in [5, 5.41) is 32.0. The monoisotopic (exact) mass is 362 g/mol. The summed E-state index contributed by atoms with van der Waals surface area (Å²) in [6, 6.07) is 10.6. The molecule has 0 radical (unpaired) electrons. The van der Waals surface area contributed by atoms with Gasteiger partial charge in [0.1, 0.15) is 0 Å². The Labute approximate surface area is 151 Å². The first kappa shape index (κ1) is 19.9. The second-order valence-corrected chi connectivity index (χ2v) is 12.0. The number of rotatable bonds is 6. The molecule has 25 heavy (non-hydrogen) atoms. The van der Waals surface area contributed by atoms with E-state index in [-0.39, 0.29) is 19.0 Å². The van der Waals surface area contributed by atoms with Crippen molar-refractivity contribution in [3.63, 3.8) is 0 Å². The number of benzene rings is 2. The van der Waals surface area contributed by atoms with Crippen LogP contribution in [-0.4, -0.2) is 28.1 Å². The zero-order chi connectivity index (χ0) is 18.8. The summed E-state index contributed by atoms with van der Waals surface area (Å²) in [6.07, 6.45) is 1.07. The Morgan fingerprint density at radius 3 is 1.68 bits per heavy atom. The summed E-state index contributed by atoms with van der Waals surface area (Å²) in [6.45, 7) is 10.6. The molecule has 0 aliphatic rings. The molecular formula is C21H31O3P. The minimum atomic E-state index is -2.08. The van der Waals surface area contributed by atoms with Gasteiger partial charge in [-0.3, -0.25) is 0 Å². The van der Waals surface area contributed by atoms with Crippen LogP contribution in [0, 0.1) is 19.8 Å². The van der Waals surface area contributed by atoms with Crippen LogP contribution in [0.5, 0.6) is 5.75 Å². The molecule has 0 saturated carbocycles. The van der Waals surface area contributed by atoms with Gasteiger partial charge in [-0.2, -0.15) is 0 Å². The number of hydrogen-bond donors (Lipinski definition) is 3. The van der Waals surface area contributed by atoms with Crippen LogP contribution in [0.4, 0.5) is 0 Å². The van der Waals surface area contributed by atoms with Gasteiger partial charge in [0, 0.05) is 0 Å². The van der Waals surface area contributed by atoms with Crippen LogP contribution in [0.15, 0.2) is 30.3 Å². The van der Waals surface area contributed by atoms with Crippen molar-refractivity contribution >= 4 is 17.9 Å². The van der Waals surface area contributed by atoms with Gasteiger partial charge in [0.15, 0.2) is 0 Å². The fourth-order valence-electron chi connectivity index (χ4n) is 3.83. The average Bonchev–Trinajstić information content (AvgIpc) is 2.53. The molecule has 0 heterocycles. The second kappa shape index (κ2) is 7.86. The molecule has 0 saturated heterocycles. The molecule has 138 valence electrons. The molecule has 2 rings (SSSR count). The molecule has 2 aromatic carbocycles. The predicted octanol–water partition coefficient (Wildman–Crippen LogP) is 2.98. The van der Waals surface area contributed by atoms with Gasteiger partial charge in [-0.15, -0.1) is 0 Å². The van der Waals surface area contributed by atoms with Crippen molar-refractivity contribution in [2.75, 3.05) is 12.8 Å². The van der Waals surface area contributed by atoms with Gasteiger partial charge in [0.05, 0.1) is 0 Å². The molecule has 0 aromatic heterocycles. The number of phenols is 1. The van der Waals surface area contributed by atoms with Crippen LogP contribution in [0.25, 0.3) is 0 Å². The van der Waals surface area contributed by atoms with Gasteiger partial charge in [-0.05, 0) is 0 Å². The Morgan fingerprint density at radius 1 is 0.840 bits per heavy atom. The van der Waals surface area contributed by atoms with Crippen LogP contribution >= 0.6 is 7.26 Å². The average molecular weight is 362 g/mol. The molecule has 4 heteroatoms. The molecule has 2 aromatic rings. The SMILES string of the molecule is Cc1cc(C)cc([PH](C)(CC(C)C)c2cc(CO)c(O)c(CO)c2)c1. The first-order valence-electron chi connectivity index (χ1n) is 8.87. The van der Waals surface area contributed by atoms with Crippen molar-refractivity contribution in [2.24, 2.45) is 5.92 Å². The first-order valence-corrected chi connectivity index (χ1v) is 11.6. The van der Waals surface area contributed by atoms with Crippen LogP contribution in [0.2, 0.25) is 0 Å². The van der Waals surface area contributed by atoms with E-state index < -0.39 is 7.26 Å². The van der Waals surface area contributed by atoms with Crippen molar-refractivity contribution in [1.82, 2.24) is 0 Å². The van der Waals surface area contributed by atoms with Gasteiger partial charge in [-0.1, -0.05) is 0 Å². The molecule has 0 aliphatic heterocycles. The van der Waals surface area contributed by atoms with E-state index in [1.54, 1.807) is 0 Å². The Kier molecular flexibility index (Phi) is 6.26. The van der Waals surface area contributed by atoms with Crippen molar-refractivity contribution in [1.29, 1.82) is 0 Å². The molecule has 0 unspecified atom stereocenters. The van der Waals surface area contributed by atoms with Crippen LogP contribution in [-0.2, 0) is 13.2 Å². The third kappa shape index (κ3) is 4.23. The van der Waals surface area contributed by atoms with Gasteiger partial charge >= 0.3 is 151 Å². The summed E-state index contributed by atoms with van der Waals surface area (Å²) in [7, 11) is -2.08. The Hall–Kier alpha value is -1.41. The van der Waals surface area contributed by atoms with Crippen LogP contribution < -0.4 is 10.6 Å². The van der Waals surface area contributed by atoms with Crippen molar-refractivity contribution in [2.45, 2.75) is 40.9 Å². The van der Waals surface area contributed by atoms with E-state index in [1.807, 2.05) is 12.1 Å². The quantitative estimate of drug-likeness (QED) is 0.693. The Balaban J connectivity index is 2.72. The number of hydrogen-bond acceptors (Lipinski definition) is 3. The molecule has 0 fully saturated rings. The Morgan fingerprint density at radius 2 is 1.28 bits per heavy atom. The second-order valence-electron chi connectivity index (χ2n) is 7.77. The number of aromatic hydroxyl groups is 1. The van der Waals surface area contributed by atoms with E-state index in [1.165, 1.54) is 16.4 Å². The van der Waals surface area contributed by atoms with Crippen LogP contribution in [0.3, 0.4) is 0 Å². The van der Waals surface area contributed by atoms with Gasteiger partial charge < -0.3 is 0 Å². The summed E-state index contributed by atoms with van der Waals surface area (Å²) in [5.74, 6) is 0.538. The molecule has 0 atom stereocenters. The molecule has 0 bridgehead atoms. The number of aryl methyl sites for hydroxylation is 2. The fourth-order valence-corrected chi connectivity index (χ4v) is 8.35. The van der Waals surface area contributed by atoms with Crippen molar-refractivity contribution < 1.29 is 15.3 Å². The Bertz CT molecular complexity index is 710. The molecule has 3 N–H and O–H groups in total. The summed E-state index contributed by atoms with van der Waals surface area (Å²) in [4.78, 5) is 0. The van der Waals surface area contributed by atoms with E-state index in [0.29, 0.717) is 17.0 Å². The summed E-state index contributed by atoms with van der Waals surface area (Å²) < 4.78 is 0. The maximum absolute atomic E-state index is 10.2. The van der Waals surface area contributed by atoms with Gasteiger partial charge in [0.25, 0.3) is 0 Å².